The van der Waals surface area contributed by atoms with E-state index >= 15 is 0 Å². The molecule has 2 amide bonds. The first-order chi connectivity index (χ1) is 13.7. The zero-order valence-corrected chi connectivity index (χ0v) is 17.7. The van der Waals surface area contributed by atoms with Gasteiger partial charge in [0.2, 0.25) is 5.91 Å². The molecule has 148 valence electrons. The molecule has 0 spiro atoms. The van der Waals surface area contributed by atoms with Gasteiger partial charge in [0.15, 0.2) is 0 Å². The van der Waals surface area contributed by atoms with Crippen molar-refractivity contribution in [1.29, 1.82) is 0 Å². The standard InChI is InChI=1S/C21H25N3O2S2/c1-2-3-13-27-14-7-12-22-19(25)15-24-17-9-4-5-10-18(17)28-20-16(21(24)26)8-6-11-23-20/h4-6,8-11H,2-3,7,12-15H2,1H3,(H,22,25). The number of amides is 2. The third-order valence-electron chi connectivity index (χ3n) is 4.34. The van der Waals surface area contributed by atoms with Crippen LogP contribution in [0.15, 0.2) is 52.5 Å². The van der Waals surface area contributed by atoms with Crippen LogP contribution >= 0.6 is 23.5 Å². The Bertz CT molecular complexity index is 829. The van der Waals surface area contributed by atoms with Crippen LogP contribution in [0.5, 0.6) is 0 Å². The number of benzene rings is 1. The smallest absolute Gasteiger partial charge is 0.261 e. The van der Waals surface area contributed by atoms with Crippen LogP contribution in [0.3, 0.4) is 0 Å². The Labute approximate surface area is 174 Å². The lowest BCUT2D eigenvalue weighted by Gasteiger charge is -2.22. The maximum Gasteiger partial charge on any atom is 0.261 e. The minimum Gasteiger partial charge on any atom is -0.355 e. The van der Waals surface area contributed by atoms with Gasteiger partial charge in [-0.1, -0.05) is 37.2 Å². The molecule has 1 aromatic heterocycles. The summed E-state index contributed by atoms with van der Waals surface area (Å²) in [6, 6.07) is 11.2. The van der Waals surface area contributed by atoms with Crippen molar-refractivity contribution in [2.45, 2.75) is 36.1 Å². The minimum absolute atomic E-state index is 0.00766. The Hall–Kier alpha value is -1.99. The van der Waals surface area contributed by atoms with E-state index in [2.05, 4.69) is 17.2 Å². The van der Waals surface area contributed by atoms with E-state index in [1.807, 2.05) is 36.0 Å². The molecule has 2 heterocycles. The lowest BCUT2D eigenvalue weighted by atomic mass is 10.2. The number of unbranched alkanes of at least 4 members (excludes halogenated alkanes) is 1. The Morgan fingerprint density at radius 3 is 2.86 bits per heavy atom. The predicted molar refractivity (Wildman–Crippen MR) is 116 cm³/mol. The van der Waals surface area contributed by atoms with Gasteiger partial charge in [-0.15, -0.1) is 0 Å². The molecule has 7 heteroatoms. The summed E-state index contributed by atoms with van der Waals surface area (Å²) in [6.07, 6.45) is 5.07. The molecular formula is C21H25N3O2S2. The van der Waals surface area contributed by atoms with Crippen LogP contribution in [-0.4, -0.2) is 41.4 Å². The predicted octanol–water partition coefficient (Wildman–Crippen LogP) is 4.23. The van der Waals surface area contributed by atoms with Crippen LogP contribution in [0.25, 0.3) is 0 Å². The maximum atomic E-state index is 13.1. The number of thioether (sulfide) groups is 1. The highest BCUT2D eigenvalue weighted by atomic mass is 32.2. The lowest BCUT2D eigenvalue weighted by molar-refractivity contribution is -0.119. The highest BCUT2D eigenvalue weighted by Gasteiger charge is 2.29. The molecule has 1 aliphatic heterocycles. The van der Waals surface area contributed by atoms with E-state index in [1.165, 1.54) is 30.4 Å². The first-order valence-electron chi connectivity index (χ1n) is 9.59. The zero-order valence-electron chi connectivity index (χ0n) is 16.0. The molecule has 0 bridgehead atoms. The summed E-state index contributed by atoms with van der Waals surface area (Å²) in [5, 5.41) is 3.62. The number of aromatic nitrogens is 1. The number of anilines is 1. The van der Waals surface area contributed by atoms with Crippen molar-refractivity contribution < 1.29 is 9.59 Å². The van der Waals surface area contributed by atoms with Crippen molar-refractivity contribution in [3.63, 3.8) is 0 Å². The number of carbonyl (C=O) groups is 2. The zero-order chi connectivity index (χ0) is 19.8. The molecule has 1 aliphatic rings. The molecule has 1 aromatic carbocycles. The summed E-state index contributed by atoms with van der Waals surface area (Å²) < 4.78 is 0. The average molecular weight is 416 g/mol. The van der Waals surface area contributed by atoms with Crippen LogP contribution < -0.4 is 10.2 Å². The largest absolute Gasteiger partial charge is 0.355 e. The fourth-order valence-corrected chi connectivity index (χ4v) is 4.93. The van der Waals surface area contributed by atoms with Crippen LogP contribution in [0.4, 0.5) is 5.69 Å². The number of nitrogens with one attached hydrogen (secondary N) is 1. The first-order valence-corrected chi connectivity index (χ1v) is 11.6. The minimum atomic E-state index is -0.189. The van der Waals surface area contributed by atoms with E-state index in [0.717, 1.165) is 22.8 Å². The number of para-hydroxylation sites is 1. The van der Waals surface area contributed by atoms with E-state index < -0.39 is 0 Å². The van der Waals surface area contributed by atoms with Crippen molar-refractivity contribution in [3.8, 4) is 0 Å². The Morgan fingerprint density at radius 1 is 1.18 bits per heavy atom. The van der Waals surface area contributed by atoms with Crippen molar-refractivity contribution in [3.05, 3.63) is 48.2 Å². The van der Waals surface area contributed by atoms with Crippen molar-refractivity contribution in [2.75, 3.05) is 29.5 Å². The second-order valence-electron chi connectivity index (χ2n) is 6.49. The molecule has 0 aliphatic carbocycles. The van der Waals surface area contributed by atoms with E-state index in [4.69, 9.17) is 0 Å². The maximum absolute atomic E-state index is 13.1. The second-order valence-corrected chi connectivity index (χ2v) is 8.74. The van der Waals surface area contributed by atoms with E-state index in [-0.39, 0.29) is 18.4 Å². The van der Waals surface area contributed by atoms with Gasteiger partial charge in [-0.25, -0.2) is 4.98 Å². The van der Waals surface area contributed by atoms with E-state index in [0.29, 0.717) is 17.1 Å². The average Bonchev–Trinajstić information content (AvgIpc) is 2.82. The highest BCUT2D eigenvalue weighted by Crippen LogP contribution is 2.39. The summed E-state index contributed by atoms with van der Waals surface area (Å²) in [7, 11) is 0. The topological polar surface area (TPSA) is 62.3 Å². The van der Waals surface area contributed by atoms with Gasteiger partial charge < -0.3 is 5.32 Å². The molecule has 28 heavy (non-hydrogen) atoms. The molecular weight excluding hydrogens is 390 g/mol. The van der Waals surface area contributed by atoms with Crippen LogP contribution in [0.1, 0.15) is 36.5 Å². The van der Waals surface area contributed by atoms with Gasteiger partial charge in [0, 0.05) is 17.6 Å². The van der Waals surface area contributed by atoms with E-state index in [1.54, 1.807) is 23.2 Å². The summed E-state index contributed by atoms with van der Waals surface area (Å²) in [5.74, 6) is 1.89. The van der Waals surface area contributed by atoms with Crippen LogP contribution in [0.2, 0.25) is 0 Å². The van der Waals surface area contributed by atoms with Gasteiger partial charge >= 0.3 is 0 Å². The molecule has 5 nitrogen and oxygen atoms in total. The Morgan fingerprint density at radius 2 is 2.00 bits per heavy atom. The summed E-state index contributed by atoms with van der Waals surface area (Å²) >= 11 is 3.39. The summed E-state index contributed by atoms with van der Waals surface area (Å²) in [6.45, 7) is 2.83. The molecule has 0 radical (unpaired) electrons. The first kappa shape index (κ1) is 20.7. The Balaban J connectivity index is 1.64. The normalized spacial score (nSPS) is 12.9. The van der Waals surface area contributed by atoms with Crippen molar-refractivity contribution >= 4 is 41.0 Å². The molecule has 0 saturated carbocycles. The van der Waals surface area contributed by atoms with Gasteiger partial charge in [0.05, 0.1) is 11.3 Å². The molecule has 0 unspecified atom stereocenters. The molecule has 3 rings (SSSR count). The van der Waals surface area contributed by atoms with Gasteiger partial charge in [-0.05, 0) is 48.6 Å². The fraction of sp³-hybridized carbons (Fsp3) is 0.381. The fourth-order valence-electron chi connectivity index (χ4n) is 2.87. The number of rotatable bonds is 9. The quantitative estimate of drug-likeness (QED) is 0.621. The molecule has 0 fully saturated rings. The molecule has 0 saturated heterocycles. The molecule has 2 aromatic rings. The number of fused-ring (bicyclic) bond motifs is 2. The van der Waals surface area contributed by atoms with Gasteiger partial charge in [0.1, 0.15) is 11.6 Å². The van der Waals surface area contributed by atoms with Crippen molar-refractivity contribution in [1.82, 2.24) is 10.3 Å². The van der Waals surface area contributed by atoms with Crippen molar-refractivity contribution in [2.24, 2.45) is 0 Å². The third-order valence-corrected chi connectivity index (χ3v) is 6.58. The summed E-state index contributed by atoms with van der Waals surface area (Å²) in [4.78, 5) is 32.4. The SMILES string of the molecule is CCCCSCCCNC(=O)CN1C(=O)c2cccnc2Sc2ccccc21. The number of nitrogens with zero attached hydrogens (tertiary/aromatic N) is 2. The lowest BCUT2D eigenvalue weighted by Crippen LogP contribution is -2.41. The second kappa shape index (κ2) is 10.5. The number of hydrogen-bond acceptors (Lipinski definition) is 5. The number of hydrogen-bond donors (Lipinski definition) is 1. The number of carbonyl (C=O) groups excluding carboxylic acids is 2. The van der Waals surface area contributed by atoms with E-state index in [9.17, 15) is 9.59 Å². The number of pyridine rings is 1. The van der Waals surface area contributed by atoms with Gasteiger partial charge in [-0.3, -0.25) is 14.5 Å². The van der Waals surface area contributed by atoms with Gasteiger partial charge in [0.25, 0.3) is 5.91 Å². The summed E-state index contributed by atoms with van der Waals surface area (Å²) in [5.41, 5.74) is 1.28. The third kappa shape index (κ3) is 5.29. The molecule has 0 atom stereocenters. The monoisotopic (exact) mass is 415 g/mol. The van der Waals surface area contributed by atoms with Crippen LogP contribution in [-0.2, 0) is 4.79 Å². The molecule has 1 N–H and O–H groups in total. The Kier molecular flexibility index (Phi) is 7.80. The highest BCUT2D eigenvalue weighted by molar-refractivity contribution is 7.99. The van der Waals surface area contributed by atoms with Gasteiger partial charge in [-0.2, -0.15) is 11.8 Å². The van der Waals surface area contributed by atoms with Crippen LogP contribution in [0, 0.1) is 0 Å².